The van der Waals surface area contributed by atoms with Crippen LogP contribution in [0.4, 0.5) is 0 Å². The minimum absolute atomic E-state index is 0.0252. The van der Waals surface area contributed by atoms with E-state index in [2.05, 4.69) is 199 Å². The number of allylic oxidation sites excluding steroid dienone is 3. The van der Waals surface area contributed by atoms with Crippen molar-refractivity contribution >= 4 is 38.8 Å². The summed E-state index contributed by atoms with van der Waals surface area (Å²) in [7, 11) is 0. The van der Waals surface area contributed by atoms with Crippen LogP contribution in [0.3, 0.4) is 0 Å². The predicted octanol–water partition coefficient (Wildman–Crippen LogP) is 12.4. The van der Waals surface area contributed by atoms with Crippen molar-refractivity contribution in [2.45, 2.75) is 18.0 Å². The highest BCUT2D eigenvalue weighted by Crippen LogP contribution is 2.62. The molecule has 1 aliphatic heterocycles. The van der Waals surface area contributed by atoms with Crippen LogP contribution >= 0.6 is 0 Å². The van der Waals surface area contributed by atoms with Crippen molar-refractivity contribution in [3.05, 3.63) is 233 Å². The van der Waals surface area contributed by atoms with Crippen LogP contribution in [0.2, 0.25) is 0 Å². The van der Waals surface area contributed by atoms with E-state index in [1.807, 2.05) is 0 Å². The molecule has 3 aliphatic carbocycles. The zero-order chi connectivity index (χ0) is 37.5. The average Bonchev–Trinajstić information content (AvgIpc) is 3.77. The number of rotatable bonds is 5. The van der Waals surface area contributed by atoms with Gasteiger partial charge in [0, 0.05) is 11.5 Å². The molecule has 0 saturated carbocycles. The summed E-state index contributed by atoms with van der Waals surface area (Å²) in [6.07, 6.45) is 7.25. The molecule has 0 radical (unpaired) electrons. The monoisotopic (exact) mass is 727 g/mol. The summed E-state index contributed by atoms with van der Waals surface area (Å²) in [5.41, 5.74) is 14.7. The molecule has 3 nitrogen and oxygen atoms in total. The minimum Gasteiger partial charge on any atom is -0.328 e. The predicted molar refractivity (Wildman–Crippen MR) is 236 cm³/mol. The zero-order valence-corrected chi connectivity index (χ0v) is 31.2. The molecule has 8 aromatic rings. The summed E-state index contributed by atoms with van der Waals surface area (Å²) in [6, 6.07) is 64.4. The van der Waals surface area contributed by atoms with Gasteiger partial charge in [-0.2, -0.15) is 0 Å². The van der Waals surface area contributed by atoms with Crippen LogP contribution in [-0.4, -0.2) is 11.7 Å². The first kappa shape index (κ1) is 32.2. The lowest BCUT2D eigenvalue weighted by molar-refractivity contribution is 0.725. The highest BCUT2D eigenvalue weighted by Gasteiger charge is 2.50. The van der Waals surface area contributed by atoms with Gasteiger partial charge >= 0.3 is 0 Å². The smallest absolute Gasteiger partial charge is 0.169 e. The van der Waals surface area contributed by atoms with Crippen LogP contribution in [-0.2, 0) is 5.41 Å². The summed E-state index contributed by atoms with van der Waals surface area (Å²) in [5, 5.41) is 9.13. The maximum Gasteiger partial charge on any atom is 0.169 e. The van der Waals surface area contributed by atoms with Crippen molar-refractivity contribution in [1.29, 1.82) is 0 Å². The second-order valence-electron chi connectivity index (χ2n) is 15.6. The van der Waals surface area contributed by atoms with Gasteiger partial charge in [0.2, 0.25) is 0 Å². The fraction of sp³-hybridized carbons (Fsp3) is 0.0741. The van der Waals surface area contributed by atoms with Crippen molar-refractivity contribution in [3.63, 3.8) is 0 Å². The normalized spacial score (nSPS) is 18.3. The standard InChI is InChI=1S/C54H37N3/c1-3-13-34(14-4-1)35-25-29-39(30-26-35)52-55-51(38-15-5-2-6-16-38)56-53(57-52)43-21-8-7-19-41(43)40-31-32-46-44(33-40)42-20-9-10-22-45(42)54(46)47-23-11-17-36-27-28-37-18-12-24-48(54)50(37)49(36)47/h1-20,22-33,43,52H,21H2,(H,55,56,57). The van der Waals surface area contributed by atoms with Crippen molar-refractivity contribution in [2.24, 2.45) is 15.9 Å². The van der Waals surface area contributed by atoms with Crippen LogP contribution in [0.5, 0.6) is 0 Å². The Morgan fingerprint density at radius 2 is 1.11 bits per heavy atom. The molecule has 268 valence electrons. The van der Waals surface area contributed by atoms with Crippen LogP contribution in [0.25, 0.3) is 49.4 Å². The highest BCUT2D eigenvalue weighted by molar-refractivity contribution is 6.18. The lowest BCUT2D eigenvalue weighted by atomic mass is 9.70. The fourth-order valence-electron chi connectivity index (χ4n) is 10.2. The second kappa shape index (κ2) is 12.5. The molecule has 0 amide bonds. The van der Waals surface area contributed by atoms with E-state index in [1.165, 1.54) is 77.2 Å². The van der Waals surface area contributed by atoms with Crippen LogP contribution in [0.15, 0.2) is 204 Å². The summed E-state index contributed by atoms with van der Waals surface area (Å²) in [5.74, 6) is 1.82. The van der Waals surface area contributed by atoms with E-state index < -0.39 is 0 Å². The van der Waals surface area contributed by atoms with Gasteiger partial charge in [0.15, 0.2) is 6.17 Å². The van der Waals surface area contributed by atoms with Gasteiger partial charge in [-0.15, -0.1) is 0 Å². The third-order valence-electron chi connectivity index (χ3n) is 12.7. The number of aliphatic imine (C=N–C) groups is 2. The fourth-order valence-corrected chi connectivity index (χ4v) is 10.2. The third kappa shape index (κ3) is 4.72. The Balaban J connectivity index is 0.975. The largest absolute Gasteiger partial charge is 0.328 e. The van der Waals surface area contributed by atoms with E-state index >= 15 is 0 Å². The molecule has 8 aromatic carbocycles. The van der Waals surface area contributed by atoms with Crippen LogP contribution in [0, 0.1) is 5.92 Å². The Morgan fingerprint density at radius 1 is 0.491 bits per heavy atom. The van der Waals surface area contributed by atoms with Crippen LogP contribution in [0.1, 0.15) is 51.5 Å². The maximum absolute atomic E-state index is 5.41. The lowest BCUT2D eigenvalue weighted by Crippen LogP contribution is -2.40. The molecular formula is C54H37N3. The number of nitrogens with zero attached hydrogens (tertiary/aromatic N) is 2. The lowest BCUT2D eigenvalue weighted by Gasteiger charge is -2.31. The van der Waals surface area contributed by atoms with Gasteiger partial charge in [-0.3, -0.25) is 0 Å². The van der Waals surface area contributed by atoms with Gasteiger partial charge in [0.25, 0.3) is 0 Å². The van der Waals surface area contributed by atoms with Gasteiger partial charge in [-0.05, 0) is 95.2 Å². The summed E-state index contributed by atoms with van der Waals surface area (Å²) in [4.78, 5) is 10.6. The van der Waals surface area contributed by atoms with E-state index in [1.54, 1.807) is 0 Å². The molecule has 0 fully saturated rings. The first-order chi connectivity index (χ1) is 28.3. The zero-order valence-electron chi connectivity index (χ0n) is 31.2. The molecule has 0 aromatic heterocycles. The number of hydrogen-bond donors (Lipinski definition) is 1. The molecule has 4 aliphatic rings. The van der Waals surface area contributed by atoms with Crippen LogP contribution < -0.4 is 5.32 Å². The topological polar surface area (TPSA) is 36.8 Å². The summed E-state index contributed by atoms with van der Waals surface area (Å²) in [6.45, 7) is 0. The van der Waals surface area contributed by atoms with Crippen molar-refractivity contribution in [2.75, 3.05) is 0 Å². The quantitative estimate of drug-likeness (QED) is 0.176. The van der Waals surface area contributed by atoms with E-state index in [9.17, 15) is 0 Å². The minimum atomic E-state index is -0.368. The molecule has 1 spiro atoms. The molecule has 0 bridgehead atoms. The Kier molecular flexibility index (Phi) is 7.03. The molecule has 3 heteroatoms. The second-order valence-corrected chi connectivity index (χ2v) is 15.6. The van der Waals surface area contributed by atoms with Gasteiger partial charge in [-0.25, -0.2) is 9.98 Å². The van der Waals surface area contributed by atoms with Gasteiger partial charge in [-0.1, -0.05) is 188 Å². The Hall–Kier alpha value is -7.10. The number of hydrogen-bond acceptors (Lipinski definition) is 3. The SMILES string of the molecule is C1=CCC(C2=NC(c3ccc(-c4ccccc4)cc3)N=C(c3ccccc3)N2)C(c2ccc3c(c2)-c2ccccc2C32c3cccc4ccc5cccc2c5c34)=C1. The highest BCUT2D eigenvalue weighted by atomic mass is 15.2. The maximum atomic E-state index is 5.41. The molecule has 57 heavy (non-hydrogen) atoms. The summed E-state index contributed by atoms with van der Waals surface area (Å²) < 4.78 is 0. The van der Waals surface area contributed by atoms with Gasteiger partial charge in [0.1, 0.15) is 11.7 Å². The molecule has 0 saturated heterocycles. The molecule has 1 N–H and O–H groups in total. The van der Waals surface area contributed by atoms with E-state index in [-0.39, 0.29) is 17.5 Å². The van der Waals surface area contributed by atoms with E-state index in [0.717, 1.165) is 29.2 Å². The molecule has 2 unspecified atom stereocenters. The Bertz CT molecular complexity index is 3000. The Labute approximate surface area is 332 Å². The first-order valence-electron chi connectivity index (χ1n) is 20.0. The Morgan fingerprint density at radius 3 is 1.84 bits per heavy atom. The van der Waals surface area contributed by atoms with Gasteiger partial charge in [0.05, 0.1) is 5.41 Å². The van der Waals surface area contributed by atoms with Crippen molar-refractivity contribution in [3.8, 4) is 22.3 Å². The van der Waals surface area contributed by atoms with Crippen molar-refractivity contribution < 1.29 is 0 Å². The molecular weight excluding hydrogens is 691 g/mol. The van der Waals surface area contributed by atoms with Crippen molar-refractivity contribution in [1.82, 2.24) is 5.32 Å². The number of amidine groups is 2. The summed E-state index contributed by atoms with van der Waals surface area (Å²) >= 11 is 0. The van der Waals surface area contributed by atoms with E-state index in [4.69, 9.17) is 9.98 Å². The molecule has 12 rings (SSSR count). The molecule has 2 atom stereocenters. The number of nitrogens with one attached hydrogen (secondary N) is 1. The third-order valence-corrected chi connectivity index (χ3v) is 12.7. The van der Waals surface area contributed by atoms with E-state index in [0.29, 0.717) is 0 Å². The van der Waals surface area contributed by atoms with Gasteiger partial charge < -0.3 is 5.32 Å². The first-order valence-corrected chi connectivity index (χ1v) is 20.0. The number of benzene rings is 8. The number of fused-ring (bicyclic) bond motifs is 7. The average molecular weight is 728 g/mol. The molecule has 1 heterocycles.